The van der Waals surface area contributed by atoms with Gasteiger partial charge in [-0.1, -0.05) is 185 Å². The van der Waals surface area contributed by atoms with Crippen molar-refractivity contribution in [3.63, 3.8) is 0 Å². The molecule has 0 N–H and O–H groups in total. The number of aryl methyl sites for hydroxylation is 4. The van der Waals surface area contributed by atoms with Crippen molar-refractivity contribution >= 4 is 34.1 Å². The third-order valence-corrected chi connectivity index (χ3v) is 15.6. The predicted molar refractivity (Wildman–Crippen MR) is 291 cm³/mol. The Labute approximate surface area is 409 Å². The molecule has 338 valence electrons. The molecule has 0 unspecified atom stereocenters. The average molecular weight is 893 g/mol. The van der Waals surface area contributed by atoms with E-state index in [0.29, 0.717) is 5.92 Å². The number of rotatable bonds is 9. The van der Waals surface area contributed by atoms with Gasteiger partial charge in [-0.3, -0.25) is 0 Å². The molecule has 0 aromatic heterocycles. The summed E-state index contributed by atoms with van der Waals surface area (Å²) in [6, 6.07) is 80.3. The minimum absolute atomic E-state index is 0.188. The molecule has 0 aliphatic heterocycles. The Bertz CT molecular complexity index is 3270. The van der Waals surface area contributed by atoms with Crippen LogP contribution in [-0.2, 0) is 31.1 Å². The maximum Gasteiger partial charge on any atom is 0.0540 e. The molecule has 0 atom stereocenters. The van der Waals surface area contributed by atoms with Gasteiger partial charge in [0.1, 0.15) is 0 Å². The summed E-state index contributed by atoms with van der Waals surface area (Å²) in [6.07, 6.45) is 10.4. The molecule has 2 heteroatoms. The van der Waals surface area contributed by atoms with E-state index in [1.807, 2.05) is 0 Å². The van der Waals surface area contributed by atoms with E-state index in [1.54, 1.807) is 0 Å². The van der Waals surface area contributed by atoms with E-state index in [1.165, 1.54) is 139 Å². The minimum Gasteiger partial charge on any atom is -0.310 e. The van der Waals surface area contributed by atoms with Gasteiger partial charge < -0.3 is 9.80 Å². The maximum atomic E-state index is 2.59. The number of hydrogen-bond acceptors (Lipinski definition) is 2. The topological polar surface area (TPSA) is 6.48 Å². The normalized spacial score (nSPS) is 14.9. The van der Waals surface area contributed by atoms with Crippen LogP contribution in [-0.4, -0.2) is 0 Å². The smallest absolute Gasteiger partial charge is 0.0540 e. The second-order valence-electron chi connectivity index (χ2n) is 20.2. The number of anilines is 6. The van der Waals surface area contributed by atoms with Crippen LogP contribution >= 0.6 is 0 Å². The number of nitrogens with zero attached hydrogens (tertiary/aromatic N) is 2. The van der Waals surface area contributed by atoms with Crippen LogP contribution < -0.4 is 9.80 Å². The largest absolute Gasteiger partial charge is 0.310 e. The van der Waals surface area contributed by atoms with E-state index in [9.17, 15) is 0 Å². The summed E-state index contributed by atoms with van der Waals surface area (Å²) < 4.78 is 0. The summed E-state index contributed by atoms with van der Waals surface area (Å²) in [4.78, 5) is 5.10. The lowest BCUT2D eigenvalue weighted by molar-refractivity contribution is 0.443. The van der Waals surface area contributed by atoms with Crippen molar-refractivity contribution in [1.29, 1.82) is 0 Å². The molecule has 15 rings (SSSR count). The van der Waals surface area contributed by atoms with Gasteiger partial charge in [-0.2, -0.15) is 0 Å². The van der Waals surface area contributed by atoms with Crippen molar-refractivity contribution in [2.75, 3.05) is 9.80 Å². The fourth-order valence-corrected chi connectivity index (χ4v) is 11.9. The van der Waals surface area contributed by atoms with E-state index in [0.717, 1.165) is 25.7 Å². The fraction of sp³-hybridized carbons (Fsp3) is 0.194. The zero-order valence-corrected chi connectivity index (χ0v) is 40.0. The van der Waals surface area contributed by atoms with E-state index in [2.05, 4.69) is 236 Å². The van der Waals surface area contributed by atoms with Crippen molar-refractivity contribution in [2.24, 2.45) is 0 Å². The molecule has 9 aromatic rings. The van der Waals surface area contributed by atoms with Gasteiger partial charge in [0.15, 0.2) is 0 Å². The zero-order valence-electron chi connectivity index (χ0n) is 40.0. The first-order valence-corrected chi connectivity index (χ1v) is 25.4. The molecular formula is C67H60N2. The lowest BCUT2D eigenvalue weighted by Crippen LogP contribution is -2.18. The minimum atomic E-state index is -0.188. The summed E-state index contributed by atoms with van der Waals surface area (Å²) in [5.74, 6) is 0.682. The molecule has 0 heterocycles. The molecule has 1 saturated carbocycles. The quantitative estimate of drug-likeness (QED) is 0.142. The van der Waals surface area contributed by atoms with E-state index < -0.39 is 0 Å². The number of para-hydroxylation sites is 2. The van der Waals surface area contributed by atoms with Crippen LogP contribution in [0, 0.1) is 0 Å². The maximum absolute atomic E-state index is 2.59. The Hall–Kier alpha value is -7.42. The second-order valence-corrected chi connectivity index (χ2v) is 20.2. The third-order valence-electron chi connectivity index (χ3n) is 15.6. The van der Waals surface area contributed by atoms with Crippen molar-refractivity contribution in [3.05, 3.63) is 251 Å². The Balaban J connectivity index is 0.950. The first kappa shape index (κ1) is 42.9. The zero-order chi connectivity index (χ0) is 46.3. The lowest BCUT2D eigenvalue weighted by Gasteiger charge is -2.32. The van der Waals surface area contributed by atoms with Gasteiger partial charge in [0.2, 0.25) is 0 Å². The molecule has 0 amide bonds. The van der Waals surface area contributed by atoms with Crippen LogP contribution in [0.2, 0.25) is 0 Å². The lowest BCUT2D eigenvalue weighted by atomic mass is 9.81. The standard InChI is InChI=1S/C67H60N2/c1-67(2)62-45-55(50-19-9-4-10-20-50)37-41-60(62)61-42-40-58(46-63(61)67)69(64-26-16-15-25-59(64)52-21-11-5-12-22-52)66-44-48-28-32-53-31-27-47(29-33-54(66)34-30-48)43-65(53)68(56-23-13-6-14-24-56)57-38-35-51(36-39-57)49-17-7-3-8-18-49/h4-6,9-16,19-27,30-31,34-46,49H,3,7-8,17-18,28-29,32-33H2,1-2H3. The molecule has 69 heavy (non-hydrogen) atoms. The van der Waals surface area contributed by atoms with Crippen molar-refractivity contribution < 1.29 is 0 Å². The Kier molecular flexibility index (Phi) is 11.3. The van der Waals surface area contributed by atoms with Crippen LogP contribution in [0.15, 0.2) is 212 Å². The summed E-state index contributed by atoms with van der Waals surface area (Å²) in [7, 11) is 0. The molecular weight excluding hydrogens is 833 g/mol. The first-order chi connectivity index (χ1) is 34.0. The van der Waals surface area contributed by atoms with Gasteiger partial charge in [0.05, 0.1) is 5.69 Å². The van der Waals surface area contributed by atoms with Gasteiger partial charge >= 0.3 is 0 Å². The summed E-state index contributed by atoms with van der Waals surface area (Å²) in [5.41, 5.74) is 24.4. The van der Waals surface area contributed by atoms with Gasteiger partial charge in [0, 0.05) is 39.4 Å². The van der Waals surface area contributed by atoms with Crippen LogP contribution in [0.5, 0.6) is 0 Å². The van der Waals surface area contributed by atoms with Crippen LogP contribution in [0.25, 0.3) is 33.4 Å². The van der Waals surface area contributed by atoms with E-state index in [-0.39, 0.29) is 5.41 Å². The molecule has 4 bridgehead atoms. The summed E-state index contributed by atoms with van der Waals surface area (Å²) in [6.45, 7) is 4.82. The Morgan fingerprint density at radius 2 is 0.899 bits per heavy atom. The third kappa shape index (κ3) is 8.16. The highest BCUT2D eigenvalue weighted by molar-refractivity contribution is 5.92. The van der Waals surface area contributed by atoms with Gasteiger partial charge in [-0.05, 0) is 172 Å². The number of hydrogen-bond donors (Lipinski definition) is 0. The summed E-state index contributed by atoms with van der Waals surface area (Å²) >= 11 is 0. The second kappa shape index (κ2) is 18.2. The molecule has 0 saturated heterocycles. The van der Waals surface area contributed by atoms with E-state index in [4.69, 9.17) is 0 Å². The van der Waals surface area contributed by atoms with Crippen molar-refractivity contribution in [3.8, 4) is 33.4 Å². The monoisotopic (exact) mass is 892 g/mol. The van der Waals surface area contributed by atoms with Crippen LogP contribution in [0.1, 0.15) is 90.8 Å². The van der Waals surface area contributed by atoms with Crippen molar-refractivity contribution in [2.45, 2.75) is 83.0 Å². The van der Waals surface area contributed by atoms with Crippen LogP contribution in [0.3, 0.4) is 0 Å². The first-order valence-electron chi connectivity index (χ1n) is 25.4. The molecule has 0 radical (unpaired) electrons. The summed E-state index contributed by atoms with van der Waals surface area (Å²) in [5, 5.41) is 0. The predicted octanol–water partition coefficient (Wildman–Crippen LogP) is 18.2. The highest BCUT2D eigenvalue weighted by Gasteiger charge is 2.37. The number of fused-ring (bicyclic) bond motifs is 3. The average Bonchev–Trinajstić information content (AvgIpc) is 3.63. The Morgan fingerprint density at radius 1 is 0.362 bits per heavy atom. The van der Waals surface area contributed by atoms with Crippen LogP contribution in [0.4, 0.5) is 34.1 Å². The van der Waals surface area contributed by atoms with Gasteiger partial charge in [-0.25, -0.2) is 0 Å². The molecule has 0 spiro atoms. The van der Waals surface area contributed by atoms with Gasteiger partial charge in [0.25, 0.3) is 0 Å². The highest BCUT2D eigenvalue weighted by atomic mass is 15.2. The highest BCUT2D eigenvalue weighted by Crippen LogP contribution is 2.53. The SMILES string of the molecule is CC1(C)c2cc(-c3ccccc3)ccc2-c2ccc(N(c3cc4ccc3CCc3ccc(c(N(c5ccccc5)c5ccc(C6CCCCC6)cc5)c3)CC4)c3ccccc3-c3ccccc3)cc21. The molecule has 1 fully saturated rings. The molecule has 6 aliphatic rings. The molecule has 6 aliphatic carbocycles. The number of benzene rings is 9. The fourth-order valence-electron chi connectivity index (χ4n) is 11.9. The molecule has 9 aromatic carbocycles. The van der Waals surface area contributed by atoms with Gasteiger partial charge in [-0.15, -0.1) is 0 Å². The van der Waals surface area contributed by atoms with E-state index >= 15 is 0 Å². The van der Waals surface area contributed by atoms with Crippen molar-refractivity contribution in [1.82, 2.24) is 0 Å². The Morgan fingerprint density at radius 3 is 1.57 bits per heavy atom. The molecule has 2 nitrogen and oxygen atoms in total.